The maximum absolute atomic E-state index is 11.9. The van der Waals surface area contributed by atoms with Crippen LogP contribution < -0.4 is 10.2 Å². The third kappa shape index (κ3) is 4.08. The molecule has 0 atom stereocenters. The average molecular weight is 363 g/mol. The number of benzene rings is 2. The fourth-order valence-corrected chi connectivity index (χ4v) is 2.17. The molecule has 0 fully saturated rings. The lowest BCUT2D eigenvalue weighted by atomic mass is 10.2. The fraction of sp³-hybridized carbons (Fsp3) is 0.125. The number of phenolic OH excluding ortho intramolecular Hbond substituents is 1. The number of carbonyl (C=O) groups excluding carboxylic acids is 1. The molecule has 2 rings (SSSR count). The van der Waals surface area contributed by atoms with E-state index in [4.69, 9.17) is 4.74 Å². The summed E-state index contributed by atoms with van der Waals surface area (Å²) in [6, 6.07) is 11.8. The Morgan fingerprint density at radius 2 is 2.14 bits per heavy atom. The fourth-order valence-electron chi connectivity index (χ4n) is 1.79. The van der Waals surface area contributed by atoms with Crippen LogP contribution in [-0.4, -0.2) is 23.8 Å². The number of carbonyl (C=O) groups is 1. The van der Waals surface area contributed by atoms with E-state index in [1.807, 2.05) is 25.1 Å². The predicted molar refractivity (Wildman–Crippen MR) is 88.5 cm³/mol. The number of ether oxygens (including phenoxy) is 1. The molecule has 0 aromatic heterocycles. The summed E-state index contributed by atoms with van der Waals surface area (Å²) in [5, 5.41) is 13.5. The number of aromatic hydroxyl groups is 1. The molecule has 0 aliphatic heterocycles. The van der Waals surface area contributed by atoms with Gasteiger partial charge in [-0.25, -0.2) is 5.43 Å². The van der Waals surface area contributed by atoms with Gasteiger partial charge in [-0.2, -0.15) is 5.10 Å². The van der Waals surface area contributed by atoms with Gasteiger partial charge in [0, 0.05) is 10.0 Å². The van der Waals surface area contributed by atoms with Gasteiger partial charge in [-0.1, -0.05) is 28.1 Å². The third-order valence-corrected chi connectivity index (χ3v) is 3.28. The van der Waals surface area contributed by atoms with E-state index in [1.165, 1.54) is 18.3 Å². The highest BCUT2D eigenvalue weighted by atomic mass is 79.9. The summed E-state index contributed by atoms with van der Waals surface area (Å²) in [4.78, 5) is 11.9. The van der Waals surface area contributed by atoms with Gasteiger partial charge in [0.1, 0.15) is 11.5 Å². The maximum Gasteiger partial charge on any atom is 0.275 e. The first-order valence-corrected chi connectivity index (χ1v) is 7.45. The Morgan fingerprint density at radius 1 is 1.36 bits per heavy atom. The Kier molecular flexibility index (Phi) is 5.55. The minimum atomic E-state index is -0.484. The van der Waals surface area contributed by atoms with Gasteiger partial charge < -0.3 is 9.84 Å². The number of amides is 1. The molecule has 0 aliphatic carbocycles. The van der Waals surface area contributed by atoms with Crippen LogP contribution in [0.1, 0.15) is 22.8 Å². The van der Waals surface area contributed by atoms with E-state index in [1.54, 1.807) is 12.1 Å². The molecule has 5 nitrogen and oxygen atoms in total. The second-order valence-corrected chi connectivity index (χ2v) is 5.25. The van der Waals surface area contributed by atoms with E-state index in [-0.39, 0.29) is 11.3 Å². The van der Waals surface area contributed by atoms with Crippen molar-refractivity contribution in [2.45, 2.75) is 6.92 Å². The van der Waals surface area contributed by atoms with Crippen LogP contribution in [-0.2, 0) is 0 Å². The van der Waals surface area contributed by atoms with Gasteiger partial charge in [0.05, 0.1) is 18.4 Å². The SMILES string of the molecule is CCOc1ccc(Br)cc1/C=N\NC(=O)c1ccccc1O. The molecule has 0 bridgehead atoms. The van der Waals surface area contributed by atoms with Crippen LogP contribution in [0.15, 0.2) is 52.0 Å². The highest BCUT2D eigenvalue weighted by Crippen LogP contribution is 2.21. The maximum atomic E-state index is 11.9. The summed E-state index contributed by atoms with van der Waals surface area (Å²) in [6.07, 6.45) is 1.49. The number of nitrogens with one attached hydrogen (secondary N) is 1. The second-order valence-electron chi connectivity index (χ2n) is 4.33. The van der Waals surface area contributed by atoms with Crippen molar-refractivity contribution in [2.75, 3.05) is 6.61 Å². The number of hydrogen-bond acceptors (Lipinski definition) is 4. The Labute approximate surface area is 136 Å². The van der Waals surface area contributed by atoms with Crippen molar-refractivity contribution in [2.24, 2.45) is 5.10 Å². The molecule has 0 heterocycles. The molecule has 0 saturated heterocycles. The zero-order valence-corrected chi connectivity index (χ0v) is 13.5. The average Bonchev–Trinajstić information content (AvgIpc) is 2.50. The molecular weight excluding hydrogens is 348 g/mol. The topological polar surface area (TPSA) is 70.9 Å². The van der Waals surface area contributed by atoms with E-state index < -0.39 is 5.91 Å². The predicted octanol–water partition coefficient (Wildman–Crippen LogP) is 3.32. The molecule has 1 amide bonds. The van der Waals surface area contributed by atoms with Crippen LogP contribution in [0, 0.1) is 0 Å². The molecule has 0 aliphatic rings. The third-order valence-electron chi connectivity index (χ3n) is 2.79. The van der Waals surface area contributed by atoms with Crippen molar-refractivity contribution < 1.29 is 14.6 Å². The lowest BCUT2D eigenvalue weighted by Crippen LogP contribution is -2.17. The lowest BCUT2D eigenvalue weighted by Gasteiger charge is -2.07. The van der Waals surface area contributed by atoms with Gasteiger partial charge in [0.2, 0.25) is 0 Å². The summed E-state index contributed by atoms with van der Waals surface area (Å²) >= 11 is 3.38. The number of para-hydroxylation sites is 1. The minimum absolute atomic E-state index is 0.0901. The van der Waals surface area contributed by atoms with E-state index in [0.29, 0.717) is 12.4 Å². The van der Waals surface area contributed by atoms with Crippen molar-refractivity contribution in [1.29, 1.82) is 0 Å². The lowest BCUT2D eigenvalue weighted by molar-refractivity contribution is 0.0952. The van der Waals surface area contributed by atoms with Crippen molar-refractivity contribution in [3.63, 3.8) is 0 Å². The number of halogens is 1. The minimum Gasteiger partial charge on any atom is -0.507 e. The molecule has 2 aromatic rings. The van der Waals surface area contributed by atoms with E-state index in [9.17, 15) is 9.90 Å². The first-order valence-electron chi connectivity index (χ1n) is 6.65. The molecule has 0 unspecified atom stereocenters. The number of nitrogens with zero attached hydrogens (tertiary/aromatic N) is 1. The van der Waals surface area contributed by atoms with Crippen molar-refractivity contribution in [3.05, 3.63) is 58.1 Å². The van der Waals surface area contributed by atoms with Crippen molar-refractivity contribution in [1.82, 2.24) is 5.43 Å². The molecular formula is C16H15BrN2O3. The number of rotatable bonds is 5. The smallest absolute Gasteiger partial charge is 0.275 e. The summed E-state index contributed by atoms with van der Waals surface area (Å²) in [5.41, 5.74) is 3.27. The zero-order chi connectivity index (χ0) is 15.9. The summed E-state index contributed by atoms with van der Waals surface area (Å²) in [5.74, 6) is 0.0984. The Morgan fingerprint density at radius 3 is 2.86 bits per heavy atom. The number of hydrogen-bond donors (Lipinski definition) is 2. The summed E-state index contributed by atoms with van der Waals surface area (Å²) < 4.78 is 6.37. The first-order chi connectivity index (χ1) is 10.6. The summed E-state index contributed by atoms with van der Waals surface area (Å²) in [6.45, 7) is 2.43. The van der Waals surface area contributed by atoms with Crippen LogP contribution in [0.5, 0.6) is 11.5 Å². The molecule has 6 heteroatoms. The van der Waals surface area contributed by atoms with Gasteiger partial charge in [-0.15, -0.1) is 0 Å². The summed E-state index contributed by atoms with van der Waals surface area (Å²) in [7, 11) is 0. The van der Waals surface area contributed by atoms with Crippen LogP contribution in [0.4, 0.5) is 0 Å². The van der Waals surface area contributed by atoms with Gasteiger partial charge in [-0.3, -0.25) is 4.79 Å². The van der Waals surface area contributed by atoms with Gasteiger partial charge in [-0.05, 0) is 37.3 Å². The molecule has 0 saturated carbocycles. The monoisotopic (exact) mass is 362 g/mol. The van der Waals surface area contributed by atoms with Gasteiger partial charge >= 0.3 is 0 Å². The number of phenols is 1. The highest BCUT2D eigenvalue weighted by molar-refractivity contribution is 9.10. The standard InChI is InChI=1S/C16H15BrN2O3/c1-2-22-15-8-7-12(17)9-11(15)10-18-19-16(21)13-5-3-4-6-14(13)20/h3-10,20H,2H2,1H3,(H,19,21)/b18-10-. The van der Waals surface area contributed by atoms with Crippen LogP contribution in [0.3, 0.4) is 0 Å². The molecule has 22 heavy (non-hydrogen) atoms. The largest absolute Gasteiger partial charge is 0.507 e. The molecule has 114 valence electrons. The quantitative estimate of drug-likeness (QED) is 0.633. The normalized spacial score (nSPS) is 10.6. The highest BCUT2D eigenvalue weighted by Gasteiger charge is 2.09. The molecule has 2 N–H and O–H groups in total. The Balaban J connectivity index is 2.11. The Bertz CT molecular complexity index is 702. The number of hydrazone groups is 1. The van der Waals surface area contributed by atoms with Crippen LogP contribution in [0.2, 0.25) is 0 Å². The van der Waals surface area contributed by atoms with Crippen LogP contribution in [0.25, 0.3) is 0 Å². The van der Waals surface area contributed by atoms with E-state index in [2.05, 4.69) is 26.5 Å². The van der Waals surface area contributed by atoms with Crippen molar-refractivity contribution >= 4 is 28.1 Å². The van der Waals surface area contributed by atoms with Crippen LogP contribution >= 0.6 is 15.9 Å². The molecule has 2 aromatic carbocycles. The second kappa shape index (κ2) is 7.61. The Hall–Kier alpha value is -2.34. The van der Waals surface area contributed by atoms with E-state index in [0.717, 1.165) is 10.0 Å². The van der Waals surface area contributed by atoms with Gasteiger partial charge in [0.15, 0.2) is 0 Å². The molecule has 0 radical (unpaired) electrons. The first kappa shape index (κ1) is 16.0. The van der Waals surface area contributed by atoms with Crippen molar-refractivity contribution in [3.8, 4) is 11.5 Å². The van der Waals surface area contributed by atoms with E-state index >= 15 is 0 Å². The zero-order valence-electron chi connectivity index (χ0n) is 11.9. The van der Waals surface area contributed by atoms with Gasteiger partial charge in [0.25, 0.3) is 5.91 Å². The molecule has 0 spiro atoms.